The predicted octanol–water partition coefficient (Wildman–Crippen LogP) is 2.61. The van der Waals surface area contributed by atoms with Gasteiger partial charge < -0.3 is 29.0 Å². The van der Waals surface area contributed by atoms with Gasteiger partial charge in [-0.05, 0) is 42.3 Å². The molecule has 0 bridgehead atoms. The van der Waals surface area contributed by atoms with Crippen molar-refractivity contribution in [1.82, 2.24) is 9.80 Å². The van der Waals surface area contributed by atoms with Gasteiger partial charge in [-0.3, -0.25) is 14.5 Å². The van der Waals surface area contributed by atoms with Crippen LogP contribution in [0.1, 0.15) is 23.6 Å². The van der Waals surface area contributed by atoms with E-state index < -0.39 is 17.7 Å². The Kier molecular flexibility index (Phi) is 7.11. The van der Waals surface area contributed by atoms with E-state index in [9.17, 15) is 14.7 Å². The molecule has 1 atom stereocenters. The maximum atomic E-state index is 13.3. The number of aliphatic hydroxyl groups excluding tert-OH is 1. The normalized spacial score (nSPS) is 21.6. The van der Waals surface area contributed by atoms with Crippen molar-refractivity contribution in [1.29, 1.82) is 0 Å². The van der Waals surface area contributed by atoms with E-state index in [-0.39, 0.29) is 11.3 Å². The zero-order valence-electron chi connectivity index (χ0n) is 20.3. The molecule has 5 rings (SSSR count). The number of fused-ring (bicyclic) bond motifs is 1. The lowest BCUT2D eigenvalue weighted by atomic mass is 9.95. The molecule has 9 heteroatoms. The molecule has 9 nitrogen and oxygen atoms in total. The van der Waals surface area contributed by atoms with Crippen LogP contribution in [-0.4, -0.2) is 86.3 Å². The average Bonchev–Trinajstić information content (AvgIpc) is 3.18. The molecule has 0 unspecified atom stereocenters. The number of ketones is 1. The number of morpholine rings is 1. The Bertz CT molecular complexity index is 1170. The number of carbonyl (C=O) groups excluding carboxylic acids is 2. The Morgan fingerprint density at radius 3 is 2.56 bits per heavy atom. The number of amides is 1. The standard InChI is InChI=1S/C27H30N2O7/c1-33-20-5-2-4-18(16-20)24-23(25(30)19-6-7-21-22(17-19)36-15-14-35-21)26(31)27(32)29(24)9-3-8-28-10-12-34-13-11-28/h2,4-7,16-17,24,30H,3,8-15H2,1H3/b25-23+/t24-/m1/s1. The minimum Gasteiger partial charge on any atom is -0.507 e. The number of rotatable bonds is 7. The van der Waals surface area contributed by atoms with Crippen molar-refractivity contribution < 1.29 is 33.6 Å². The molecule has 0 saturated carbocycles. The topological polar surface area (TPSA) is 97.8 Å². The van der Waals surface area contributed by atoms with Gasteiger partial charge in [0, 0.05) is 31.7 Å². The molecule has 1 amide bonds. The van der Waals surface area contributed by atoms with E-state index >= 15 is 0 Å². The van der Waals surface area contributed by atoms with Crippen LogP contribution in [0, 0.1) is 0 Å². The molecule has 190 valence electrons. The molecule has 2 fully saturated rings. The Morgan fingerprint density at radius 1 is 1.00 bits per heavy atom. The van der Waals surface area contributed by atoms with Crippen LogP contribution in [0.5, 0.6) is 17.2 Å². The average molecular weight is 495 g/mol. The molecule has 3 aliphatic rings. The summed E-state index contributed by atoms with van der Waals surface area (Å²) in [5.74, 6) is 0.0960. The fourth-order valence-corrected chi connectivity index (χ4v) is 4.90. The van der Waals surface area contributed by atoms with Gasteiger partial charge in [0.25, 0.3) is 11.7 Å². The highest BCUT2D eigenvalue weighted by Gasteiger charge is 2.46. The van der Waals surface area contributed by atoms with Crippen molar-refractivity contribution in [3.63, 3.8) is 0 Å². The molecule has 0 radical (unpaired) electrons. The Hall–Kier alpha value is -3.56. The third-order valence-electron chi connectivity index (χ3n) is 6.74. The molecular weight excluding hydrogens is 464 g/mol. The van der Waals surface area contributed by atoms with E-state index in [4.69, 9.17) is 18.9 Å². The molecule has 2 aromatic rings. The number of Topliss-reactive ketones (excluding diaryl/α,β-unsaturated/α-hetero) is 1. The van der Waals surface area contributed by atoms with Crippen LogP contribution in [0.4, 0.5) is 0 Å². The SMILES string of the molecule is COc1cccc([C@@H]2/C(=C(\O)c3ccc4c(c3)OCCO4)C(=O)C(=O)N2CCCN2CCOCC2)c1. The van der Waals surface area contributed by atoms with E-state index in [2.05, 4.69) is 4.90 Å². The van der Waals surface area contributed by atoms with Gasteiger partial charge >= 0.3 is 0 Å². The van der Waals surface area contributed by atoms with Gasteiger partial charge in [0.1, 0.15) is 24.7 Å². The Balaban J connectivity index is 1.49. The first kappa shape index (κ1) is 24.1. The summed E-state index contributed by atoms with van der Waals surface area (Å²) in [6, 6.07) is 11.5. The first-order valence-corrected chi connectivity index (χ1v) is 12.2. The van der Waals surface area contributed by atoms with Gasteiger partial charge in [0.05, 0.1) is 31.9 Å². The van der Waals surface area contributed by atoms with Gasteiger partial charge in [0.2, 0.25) is 0 Å². The number of methoxy groups -OCH3 is 1. The van der Waals surface area contributed by atoms with Gasteiger partial charge in [-0.25, -0.2) is 0 Å². The molecule has 0 aromatic heterocycles. The summed E-state index contributed by atoms with van der Waals surface area (Å²) in [6.07, 6.45) is 0.692. The third-order valence-corrected chi connectivity index (χ3v) is 6.74. The van der Waals surface area contributed by atoms with Crippen LogP contribution in [0.3, 0.4) is 0 Å². The van der Waals surface area contributed by atoms with Gasteiger partial charge in [0.15, 0.2) is 11.5 Å². The number of aliphatic hydroxyl groups is 1. The van der Waals surface area contributed by atoms with Crippen molar-refractivity contribution in [3.8, 4) is 17.2 Å². The fraction of sp³-hybridized carbons (Fsp3) is 0.407. The first-order valence-electron chi connectivity index (χ1n) is 12.2. The lowest BCUT2D eigenvalue weighted by Gasteiger charge is -2.29. The van der Waals surface area contributed by atoms with E-state index in [1.54, 1.807) is 42.3 Å². The number of benzene rings is 2. The summed E-state index contributed by atoms with van der Waals surface area (Å²) in [6.45, 7) is 5.11. The van der Waals surface area contributed by atoms with Crippen molar-refractivity contribution >= 4 is 17.4 Å². The Morgan fingerprint density at radius 2 is 1.78 bits per heavy atom. The summed E-state index contributed by atoms with van der Waals surface area (Å²) in [4.78, 5) is 30.4. The molecule has 1 N–H and O–H groups in total. The van der Waals surface area contributed by atoms with Crippen LogP contribution in [0.2, 0.25) is 0 Å². The monoisotopic (exact) mass is 494 g/mol. The highest BCUT2D eigenvalue weighted by atomic mass is 16.6. The minimum atomic E-state index is -0.738. The van der Waals surface area contributed by atoms with E-state index in [0.29, 0.717) is 67.8 Å². The third kappa shape index (κ3) is 4.76. The molecule has 36 heavy (non-hydrogen) atoms. The molecule has 2 saturated heterocycles. The minimum absolute atomic E-state index is 0.0521. The van der Waals surface area contributed by atoms with Crippen LogP contribution < -0.4 is 14.2 Å². The summed E-state index contributed by atoms with van der Waals surface area (Å²) in [5, 5.41) is 11.3. The quantitative estimate of drug-likeness (QED) is 0.357. The molecular formula is C27H30N2O7. The molecule has 0 aliphatic carbocycles. The van der Waals surface area contributed by atoms with Crippen LogP contribution in [-0.2, 0) is 14.3 Å². The smallest absolute Gasteiger partial charge is 0.295 e. The number of hydrogen-bond donors (Lipinski definition) is 1. The summed E-state index contributed by atoms with van der Waals surface area (Å²) >= 11 is 0. The summed E-state index contributed by atoms with van der Waals surface area (Å²) < 4.78 is 22.0. The highest BCUT2D eigenvalue weighted by Crippen LogP contribution is 2.41. The van der Waals surface area contributed by atoms with Crippen molar-refractivity contribution in [2.24, 2.45) is 0 Å². The van der Waals surface area contributed by atoms with Crippen LogP contribution in [0.15, 0.2) is 48.0 Å². The van der Waals surface area contributed by atoms with Crippen molar-refractivity contribution in [2.75, 3.05) is 59.7 Å². The number of hydrogen-bond acceptors (Lipinski definition) is 8. The zero-order chi connectivity index (χ0) is 25.1. The molecule has 2 aromatic carbocycles. The van der Waals surface area contributed by atoms with E-state index in [1.165, 1.54) is 0 Å². The van der Waals surface area contributed by atoms with Crippen LogP contribution >= 0.6 is 0 Å². The van der Waals surface area contributed by atoms with Gasteiger partial charge in [-0.1, -0.05) is 12.1 Å². The van der Waals surface area contributed by atoms with E-state index in [0.717, 1.165) is 19.6 Å². The Labute approximate surface area is 209 Å². The summed E-state index contributed by atoms with van der Waals surface area (Å²) in [7, 11) is 1.56. The van der Waals surface area contributed by atoms with Gasteiger partial charge in [-0.15, -0.1) is 0 Å². The maximum Gasteiger partial charge on any atom is 0.295 e. The van der Waals surface area contributed by atoms with Gasteiger partial charge in [-0.2, -0.15) is 0 Å². The van der Waals surface area contributed by atoms with E-state index in [1.807, 2.05) is 12.1 Å². The second-order valence-corrected chi connectivity index (χ2v) is 8.94. The summed E-state index contributed by atoms with van der Waals surface area (Å²) in [5.41, 5.74) is 1.13. The maximum absolute atomic E-state index is 13.3. The lowest BCUT2D eigenvalue weighted by Crippen LogP contribution is -2.38. The number of carbonyl (C=O) groups is 2. The highest BCUT2D eigenvalue weighted by molar-refractivity contribution is 6.46. The fourth-order valence-electron chi connectivity index (χ4n) is 4.90. The molecule has 3 heterocycles. The largest absolute Gasteiger partial charge is 0.507 e. The molecule has 3 aliphatic heterocycles. The second kappa shape index (κ2) is 10.6. The molecule has 0 spiro atoms. The number of nitrogens with zero attached hydrogens (tertiary/aromatic N) is 2. The number of likely N-dealkylation sites (tertiary alicyclic amines) is 1. The zero-order valence-corrected chi connectivity index (χ0v) is 20.3. The van der Waals surface area contributed by atoms with Crippen molar-refractivity contribution in [3.05, 3.63) is 59.2 Å². The first-order chi connectivity index (χ1) is 17.6. The van der Waals surface area contributed by atoms with Crippen LogP contribution in [0.25, 0.3) is 5.76 Å². The second-order valence-electron chi connectivity index (χ2n) is 8.94. The predicted molar refractivity (Wildman–Crippen MR) is 131 cm³/mol. The van der Waals surface area contributed by atoms with Crippen molar-refractivity contribution in [2.45, 2.75) is 12.5 Å². The number of ether oxygens (including phenoxy) is 4. The lowest BCUT2D eigenvalue weighted by molar-refractivity contribution is -0.140.